The average molecular weight is 373 g/mol. The first kappa shape index (κ1) is 18.5. The minimum Gasteiger partial charge on any atom is -0.382 e. The van der Waals surface area contributed by atoms with Gasteiger partial charge in [-0.15, -0.1) is 0 Å². The summed E-state index contributed by atoms with van der Waals surface area (Å²) in [4.78, 5) is 11.7. The van der Waals surface area contributed by atoms with Gasteiger partial charge in [-0.25, -0.2) is 8.78 Å². The van der Waals surface area contributed by atoms with E-state index in [9.17, 15) is 13.6 Å². The largest absolute Gasteiger partial charge is 0.382 e. The lowest BCUT2D eigenvalue weighted by molar-refractivity contribution is -0.120. The Hall–Kier alpha value is -1.85. The molecule has 0 bridgehead atoms. The van der Waals surface area contributed by atoms with E-state index in [2.05, 4.69) is 10.6 Å². The van der Waals surface area contributed by atoms with Crippen molar-refractivity contribution in [2.75, 3.05) is 18.4 Å². The van der Waals surface area contributed by atoms with Crippen molar-refractivity contribution in [3.05, 3.63) is 63.6 Å². The van der Waals surface area contributed by atoms with Gasteiger partial charge in [-0.1, -0.05) is 29.3 Å². The van der Waals surface area contributed by atoms with E-state index < -0.39 is 11.6 Å². The summed E-state index contributed by atoms with van der Waals surface area (Å²) in [6, 6.07) is 8.45. The summed E-state index contributed by atoms with van der Waals surface area (Å²) in [7, 11) is 0. The molecule has 128 valence electrons. The van der Waals surface area contributed by atoms with Crippen LogP contribution in [-0.2, 0) is 11.2 Å². The average Bonchev–Trinajstić information content (AvgIpc) is 2.51. The molecule has 0 aliphatic rings. The van der Waals surface area contributed by atoms with Crippen LogP contribution in [0.3, 0.4) is 0 Å². The van der Waals surface area contributed by atoms with E-state index in [1.807, 2.05) is 6.07 Å². The Morgan fingerprint density at radius 3 is 2.54 bits per heavy atom. The molecule has 2 rings (SSSR count). The molecule has 0 saturated carbocycles. The maximum atomic E-state index is 13.4. The SMILES string of the molecule is O=C(CCNc1ccc(F)cc1F)NCCc1ccc(Cl)cc1Cl. The summed E-state index contributed by atoms with van der Waals surface area (Å²) in [6.07, 6.45) is 0.757. The van der Waals surface area contributed by atoms with Gasteiger partial charge in [-0.3, -0.25) is 4.79 Å². The molecule has 2 aromatic rings. The number of carbonyl (C=O) groups is 1. The van der Waals surface area contributed by atoms with Crippen LogP contribution in [0.1, 0.15) is 12.0 Å². The van der Waals surface area contributed by atoms with Crippen LogP contribution in [0.4, 0.5) is 14.5 Å². The van der Waals surface area contributed by atoms with Gasteiger partial charge in [0.1, 0.15) is 11.6 Å². The Kier molecular flexibility index (Phi) is 6.82. The number of nitrogens with one attached hydrogen (secondary N) is 2. The summed E-state index contributed by atoms with van der Waals surface area (Å²) in [6.45, 7) is 0.682. The van der Waals surface area contributed by atoms with Gasteiger partial charge in [0.15, 0.2) is 0 Å². The molecule has 0 heterocycles. The van der Waals surface area contributed by atoms with Crippen molar-refractivity contribution in [2.45, 2.75) is 12.8 Å². The molecule has 3 nitrogen and oxygen atoms in total. The second-order valence-electron chi connectivity index (χ2n) is 5.14. The van der Waals surface area contributed by atoms with Crippen molar-refractivity contribution in [2.24, 2.45) is 0 Å². The molecule has 0 fully saturated rings. The second-order valence-corrected chi connectivity index (χ2v) is 5.98. The van der Waals surface area contributed by atoms with Gasteiger partial charge in [0.25, 0.3) is 0 Å². The van der Waals surface area contributed by atoms with Crippen LogP contribution in [0.5, 0.6) is 0 Å². The predicted octanol–water partition coefficient (Wildman–Crippen LogP) is 4.43. The normalized spacial score (nSPS) is 10.5. The molecule has 2 N–H and O–H groups in total. The zero-order chi connectivity index (χ0) is 17.5. The molecule has 0 aliphatic heterocycles. The van der Waals surface area contributed by atoms with E-state index in [4.69, 9.17) is 23.2 Å². The smallest absolute Gasteiger partial charge is 0.221 e. The van der Waals surface area contributed by atoms with Crippen LogP contribution in [-0.4, -0.2) is 19.0 Å². The first-order chi connectivity index (χ1) is 11.5. The molecule has 0 saturated heterocycles. The van der Waals surface area contributed by atoms with Gasteiger partial charge in [0, 0.05) is 35.6 Å². The van der Waals surface area contributed by atoms with Crippen molar-refractivity contribution in [3.63, 3.8) is 0 Å². The third-order valence-electron chi connectivity index (χ3n) is 3.33. The fourth-order valence-corrected chi connectivity index (χ4v) is 2.60. The predicted molar refractivity (Wildman–Crippen MR) is 92.6 cm³/mol. The Labute approximate surface area is 149 Å². The molecule has 0 unspecified atom stereocenters. The summed E-state index contributed by atoms with van der Waals surface area (Å²) in [5, 5.41) is 6.64. The molecule has 0 atom stereocenters. The van der Waals surface area contributed by atoms with Crippen LogP contribution in [0.25, 0.3) is 0 Å². The lowest BCUT2D eigenvalue weighted by atomic mass is 10.1. The third kappa shape index (κ3) is 5.65. The monoisotopic (exact) mass is 372 g/mol. The van der Waals surface area contributed by atoms with Gasteiger partial charge in [0.05, 0.1) is 5.69 Å². The molecule has 0 spiro atoms. The van der Waals surface area contributed by atoms with Gasteiger partial charge in [-0.05, 0) is 36.2 Å². The van der Waals surface area contributed by atoms with Crippen molar-refractivity contribution in [1.82, 2.24) is 5.32 Å². The van der Waals surface area contributed by atoms with E-state index in [0.717, 1.165) is 17.7 Å². The third-order valence-corrected chi connectivity index (χ3v) is 3.92. The number of anilines is 1. The molecule has 24 heavy (non-hydrogen) atoms. The highest BCUT2D eigenvalue weighted by Crippen LogP contribution is 2.21. The Bertz CT molecular complexity index is 666. The molecule has 0 aliphatic carbocycles. The standard InChI is InChI=1S/C17H16Cl2F2N2O/c18-12-2-1-11(14(19)9-12)5-7-23-17(24)6-8-22-16-4-3-13(20)10-15(16)21/h1-4,9-10,22H,5-8H2,(H,23,24). The maximum Gasteiger partial charge on any atom is 0.221 e. The summed E-state index contributed by atoms with van der Waals surface area (Å²) in [5.41, 5.74) is 1.06. The first-order valence-corrected chi connectivity index (χ1v) is 8.11. The second kappa shape index (κ2) is 8.85. The quantitative estimate of drug-likeness (QED) is 0.754. The number of halogens is 4. The van der Waals surface area contributed by atoms with Crippen molar-refractivity contribution >= 4 is 34.8 Å². The maximum absolute atomic E-state index is 13.4. The lowest BCUT2D eigenvalue weighted by Gasteiger charge is -2.09. The molecular weight excluding hydrogens is 357 g/mol. The minimum absolute atomic E-state index is 0.164. The summed E-state index contributed by atoms with van der Waals surface area (Å²) >= 11 is 11.9. The fourth-order valence-electron chi connectivity index (χ4n) is 2.09. The van der Waals surface area contributed by atoms with Crippen LogP contribution >= 0.6 is 23.2 Å². The molecule has 2 aromatic carbocycles. The number of amides is 1. The van der Waals surface area contributed by atoms with Gasteiger partial charge < -0.3 is 10.6 Å². The highest BCUT2D eigenvalue weighted by molar-refractivity contribution is 6.35. The van der Waals surface area contributed by atoms with Gasteiger partial charge in [0.2, 0.25) is 5.91 Å². The van der Waals surface area contributed by atoms with Crippen LogP contribution in [0.2, 0.25) is 10.0 Å². The number of hydrogen-bond donors (Lipinski definition) is 2. The van der Waals surface area contributed by atoms with Crippen molar-refractivity contribution in [3.8, 4) is 0 Å². The number of hydrogen-bond acceptors (Lipinski definition) is 2. The van der Waals surface area contributed by atoms with E-state index in [1.165, 1.54) is 6.07 Å². The van der Waals surface area contributed by atoms with Crippen LogP contribution < -0.4 is 10.6 Å². The van der Waals surface area contributed by atoms with E-state index >= 15 is 0 Å². The highest BCUT2D eigenvalue weighted by Gasteiger charge is 2.06. The van der Waals surface area contributed by atoms with Gasteiger partial charge in [-0.2, -0.15) is 0 Å². The topological polar surface area (TPSA) is 41.1 Å². The Morgan fingerprint density at radius 2 is 1.83 bits per heavy atom. The van der Waals surface area contributed by atoms with Gasteiger partial charge >= 0.3 is 0 Å². The summed E-state index contributed by atoms with van der Waals surface area (Å²) in [5.74, 6) is -1.50. The zero-order valence-electron chi connectivity index (χ0n) is 12.7. The van der Waals surface area contributed by atoms with Crippen LogP contribution in [0.15, 0.2) is 36.4 Å². The molecular formula is C17H16Cl2F2N2O. The van der Waals surface area contributed by atoms with E-state index in [-0.39, 0.29) is 24.6 Å². The summed E-state index contributed by atoms with van der Waals surface area (Å²) < 4.78 is 26.2. The molecule has 0 aromatic heterocycles. The van der Waals surface area contributed by atoms with Crippen molar-refractivity contribution < 1.29 is 13.6 Å². The van der Waals surface area contributed by atoms with Crippen molar-refractivity contribution in [1.29, 1.82) is 0 Å². The fraction of sp³-hybridized carbons (Fsp3) is 0.235. The molecule has 7 heteroatoms. The highest BCUT2D eigenvalue weighted by atomic mass is 35.5. The molecule has 0 radical (unpaired) electrons. The Morgan fingerprint density at radius 1 is 1.04 bits per heavy atom. The number of benzene rings is 2. The lowest BCUT2D eigenvalue weighted by Crippen LogP contribution is -2.27. The number of carbonyl (C=O) groups excluding carboxylic acids is 1. The zero-order valence-corrected chi connectivity index (χ0v) is 14.2. The van der Waals surface area contributed by atoms with E-state index in [1.54, 1.807) is 12.1 Å². The van der Waals surface area contributed by atoms with E-state index in [0.29, 0.717) is 23.0 Å². The minimum atomic E-state index is -0.687. The Balaban J connectivity index is 1.70. The van der Waals surface area contributed by atoms with Crippen LogP contribution in [0, 0.1) is 11.6 Å². The molecule has 1 amide bonds. The first-order valence-electron chi connectivity index (χ1n) is 7.35. The number of rotatable bonds is 7.